The summed E-state index contributed by atoms with van der Waals surface area (Å²) in [5.41, 5.74) is 1.95. The molecule has 1 saturated carbocycles. The molecule has 70 valence electrons. The zero-order valence-corrected chi connectivity index (χ0v) is 7.41. The Morgan fingerprint density at radius 2 is 1.92 bits per heavy atom. The second-order valence-electron chi connectivity index (χ2n) is 3.60. The van der Waals surface area contributed by atoms with Gasteiger partial charge in [0.05, 0.1) is 6.61 Å². The van der Waals surface area contributed by atoms with E-state index < -0.39 is 6.17 Å². The summed E-state index contributed by atoms with van der Waals surface area (Å²) in [6.45, 7) is 0.0595. The summed E-state index contributed by atoms with van der Waals surface area (Å²) in [5.74, 6) is 0.104. The van der Waals surface area contributed by atoms with Gasteiger partial charge in [0.1, 0.15) is 6.17 Å². The van der Waals surface area contributed by atoms with Gasteiger partial charge in [0.2, 0.25) is 0 Å². The summed E-state index contributed by atoms with van der Waals surface area (Å²) >= 11 is 0. The van der Waals surface area contributed by atoms with Gasteiger partial charge in [0.15, 0.2) is 0 Å². The smallest absolute Gasteiger partial charge is 0.107 e. The van der Waals surface area contributed by atoms with Crippen LogP contribution in [-0.4, -0.2) is 11.3 Å². The van der Waals surface area contributed by atoms with Crippen molar-refractivity contribution in [1.29, 1.82) is 0 Å². The highest BCUT2D eigenvalue weighted by atomic mass is 19.1. The Bertz CT molecular complexity index is 281. The molecule has 1 aromatic rings. The van der Waals surface area contributed by atoms with Crippen molar-refractivity contribution >= 4 is 0 Å². The van der Waals surface area contributed by atoms with E-state index in [1.54, 1.807) is 0 Å². The van der Waals surface area contributed by atoms with Crippen LogP contribution in [0.1, 0.15) is 29.9 Å². The third-order valence-corrected chi connectivity index (χ3v) is 2.78. The highest BCUT2D eigenvalue weighted by Gasteiger charge is 2.31. The van der Waals surface area contributed by atoms with Gasteiger partial charge < -0.3 is 5.11 Å². The Labute approximate surface area is 77.2 Å². The molecule has 1 N–H and O–H groups in total. The molecule has 0 bridgehead atoms. The van der Waals surface area contributed by atoms with Crippen molar-refractivity contribution in [2.75, 3.05) is 0 Å². The van der Waals surface area contributed by atoms with Crippen molar-refractivity contribution in [2.24, 2.45) is 0 Å². The second-order valence-corrected chi connectivity index (χ2v) is 3.60. The highest BCUT2D eigenvalue weighted by Crippen LogP contribution is 2.39. The fraction of sp³-hybridized carbons (Fsp3) is 0.455. The number of halogens is 1. The molecule has 2 atom stereocenters. The topological polar surface area (TPSA) is 20.2 Å². The highest BCUT2D eigenvalue weighted by molar-refractivity contribution is 5.27. The van der Waals surface area contributed by atoms with E-state index in [0.717, 1.165) is 17.5 Å². The van der Waals surface area contributed by atoms with Crippen molar-refractivity contribution in [1.82, 2.24) is 0 Å². The molecule has 13 heavy (non-hydrogen) atoms. The number of rotatable bonds is 2. The molecule has 0 aliphatic heterocycles. The first kappa shape index (κ1) is 8.70. The van der Waals surface area contributed by atoms with Gasteiger partial charge in [-0.3, -0.25) is 0 Å². The summed E-state index contributed by atoms with van der Waals surface area (Å²) in [4.78, 5) is 0. The lowest BCUT2D eigenvalue weighted by Gasteiger charge is -2.30. The van der Waals surface area contributed by atoms with Crippen LogP contribution in [0.15, 0.2) is 24.3 Å². The van der Waals surface area contributed by atoms with Gasteiger partial charge in [-0.15, -0.1) is 0 Å². The molecule has 2 heteroatoms. The van der Waals surface area contributed by atoms with E-state index in [4.69, 9.17) is 5.11 Å². The lowest BCUT2D eigenvalue weighted by Crippen LogP contribution is -2.24. The molecule has 1 aliphatic rings. The van der Waals surface area contributed by atoms with Crippen LogP contribution in [0.2, 0.25) is 0 Å². The molecule has 0 radical (unpaired) electrons. The maximum Gasteiger partial charge on any atom is 0.107 e. The van der Waals surface area contributed by atoms with Crippen LogP contribution in [0.3, 0.4) is 0 Å². The molecule has 1 nitrogen and oxygen atoms in total. The lowest BCUT2D eigenvalue weighted by atomic mass is 9.78. The maximum atomic E-state index is 13.0. The number of hydrogen-bond acceptors (Lipinski definition) is 1. The largest absolute Gasteiger partial charge is 0.392 e. The minimum Gasteiger partial charge on any atom is -0.392 e. The third kappa shape index (κ3) is 1.59. The zero-order valence-electron chi connectivity index (χ0n) is 7.41. The summed E-state index contributed by atoms with van der Waals surface area (Å²) < 4.78 is 13.0. The van der Waals surface area contributed by atoms with Gasteiger partial charge in [-0.2, -0.15) is 0 Å². The van der Waals surface area contributed by atoms with E-state index in [-0.39, 0.29) is 12.5 Å². The molecular weight excluding hydrogens is 167 g/mol. The van der Waals surface area contributed by atoms with Crippen LogP contribution >= 0.6 is 0 Å². The van der Waals surface area contributed by atoms with Crippen LogP contribution in [0.25, 0.3) is 0 Å². The molecule has 0 saturated heterocycles. The molecule has 2 unspecified atom stereocenters. The molecule has 0 aromatic heterocycles. The van der Waals surface area contributed by atoms with Gasteiger partial charge in [0.25, 0.3) is 0 Å². The van der Waals surface area contributed by atoms with Gasteiger partial charge in [0, 0.05) is 5.92 Å². The quantitative estimate of drug-likeness (QED) is 0.741. The van der Waals surface area contributed by atoms with E-state index in [9.17, 15) is 4.39 Å². The van der Waals surface area contributed by atoms with Gasteiger partial charge >= 0.3 is 0 Å². The molecule has 1 fully saturated rings. The molecule has 1 aliphatic carbocycles. The van der Waals surface area contributed by atoms with Crippen molar-refractivity contribution < 1.29 is 9.50 Å². The molecule has 0 amide bonds. The third-order valence-electron chi connectivity index (χ3n) is 2.78. The fourth-order valence-electron chi connectivity index (χ4n) is 1.71. The van der Waals surface area contributed by atoms with Crippen LogP contribution in [0, 0.1) is 0 Å². The van der Waals surface area contributed by atoms with E-state index >= 15 is 0 Å². The Morgan fingerprint density at radius 3 is 2.31 bits per heavy atom. The van der Waals surface area contributed by atoms with E-state index in [0.29, 0.717) is 6.42 Å². The number of benzene rings is 1. The summed E-state index contributed by atoms with van der Waals surface area (Å²) in [6, 6.07) is 7.56. The predicted octanol–water partition coefficient (Wildman–Crippen LogP) is 2.39. The first-order valence-electron chi connectivity index (χ1n) is 4.65. The first-order valence-corrected chi connectivity index (χ1v) is 4.65. The molecule has 1 aromatic carbocycles. The standard InChI is InChI=1S/C11H13FO/c12-11-6-5-10(11)9-3-1-8(7-13)2-4-9/h1-4,10-11,13H,5-7H2. The van der Waals surface area contributed by atoms with E-state index in [2.05, 4.69) is 0 Å². The Morgan fingerprint density at radius 1 is 1.23 bits per heavy atom. The van der Waals surface area contributed by atoms with Crippen LogP contribution < -0.4 is 0 Å². The van der Waals surface area contributed by atoms with Gasteiger partial charge in [-0.05, 0) is 24.0 Å². The Hall–Kier alpha value is -0.890. The van der Waals surface area contributed by atoms with Crippen molar-refractivity contribution in [3.8, 4) is 0 Å². The van der Waals surface area contributed by atoms with Crippen LogP contribution in [0.5, 0.6) is 0 Å². The van der Waals surface area contributed by atoms with E-state index in [1.165, 1.54) is 0 Å². The molecule has 0 heterocycles. The summed E-state index contributed by atoms with van der Waals surface area (Å²) in [7, 11) is 0. The average Bonchev–Trinajstić information content (AvgIpc) is 2.17. The fourth-order valence-corrected chi connectivity index (χ4v) is 1.71. The minimum atomic E-state index is -0.653. The van der Waals surface area contributed by atoms with Gasteiger partial charge in [-0.1, -0.05) is 24.3 Å². The predicted molar refractivity (Wildman–Crippen MR) is 49.2 cm³/mol. The SMILES string of the molecule is OCc1ccc(C2CCC2F)cc1. The van der Waals surface area contributed by atoms with Crippen molar-refractivity contribution in [2.45, 2.75) is 31.5 Å². The minimum absolute atomic E-state index is 0.0595. The Balaban J connectivity index is 2.13. The van der Waals surface area contributed by atoms with E-state index in [1.807, 2.05) is 24.3 Å². The van der Waals surface area contributed by atoms with Crippen molar-refractivity contribution in [3.05, 3.63) is 35.4 Å². The number of alkyl halides is 1. The second kappa shape index (κ2) is 3.46. The van der Waals surface area contributed by atoms with Crippen LogP contribution in [0.4, 0.5) is 4.39 Å². The Kier molecular flexibility index (Phi) is 2.32. The number of aliphatic hydroxyl groups is 1. The first-order chi connectivity index (χ1) is 6.31. The maximum absolute atomic E-state index is 13.0. The van der Waals surface area contributed by atoms with Crippen LogP contribution in [-0.2, 0) is 6.61 Å². The lowest BCUT2D eigenvalue weighted by molar-refractivity contribution is 0.170. The number of hydrogen-bond donors (Lipinski definition) is 1. The van der Waals surface area contributed by atoms with Gasteiger partial charge in [-0.25, -0.2) is 4.39 Å². The molecular formula is C11H13FO. The molecule has 0 spiro atoms. The zero-order chi connectivity index (χ0) is 9.26. The van der Waals surface area contributed by atoms with Crippen molar-refractivity contribution in [3.63, 3.8) is 0 Å². The monoisotopic (exact) mass is 180 g/mol. The molecule has 2 rings (SSSR count). The number of aliphatic hydroxyl groups excluding tert-OH is 1. The normalized spacial score (nSPS) is 26.9. The summed E-state index contributed by atoms with van der Waals surface area (Å²) in [5, 5.41) is 8.82. The summed E-state index contributed by atoms with van der Waals surface area (Å²) in [6.07, 6.45) is 1.01. The average molecular weight is 180 g/mol.